The highest BCUT2D eigenvalue weighted by atomic mass is 16.5. The second kappa shape index (κ2) is 13.6. The molecule has 2 aromatic rings. The minimum absolute atomic E-state index is 0.575. The molecule has 0 saturated heterocycles. The Morgan fingerprint density at radius 3 is 2.59 bits per heavy atom. The molecule has 2 N–H and O–H groups in total. The largest absolute Gasteiger partial charge is 0.493 e. The van der Waals surface area contributed by atoms with Gasteiger partial charge in [0, 0.05) is 45.0 Å². The molecule has 0 amide bonds. The third kappa shape index (κ3) is 8.54. The molecule has 2 aromatic carbocycles. The lowest BCUT2D eigenvalue weighted by Gasteiger charge is -2.14. The van der Waals surface area contributed by atoms with Crippen molar-refractivity contribution in [2.75, 3.05) is 38.8 Å². The second-order valence-corrected chi connectivity index (χ2v) is 6.45. The van der Waals surface area contributed by atoms with Gasteiger partial charge in [-0.1, -0.05) is 30.3 Å². The lowest BCUT2D eigenvalue weighted by atomic mass is 10.1. The van der Waals surface area contributed by atoms with E-state index in [-0.39, 0.29) is 0 Å². The standard InChI is InChI=1S/C23H33N3O3/c1-4-24-23(25-17-19-10-6-7-11-20(19)18-28-5-2)26-21-12-8-13-22(16-21)29-15-9-14-27-3/h6-8,10-13,16H,4-5,9,14-15,17-18H2,1-3H3,(H2,24,25,26). The summed E-state index contributed by atoms with van der Waals surface area (Å²) in [5.41, 5.74) is 3.25. The van der Waals surface area contributed by atoms with Gasteiger partial charge in [0.05, 0.1) is 19.8 Å². The Bertz CT molecular complexity index is 750. The average molecular weight is 400 g/mol. The van der Waals surface area contributed by atoms with Crippen LogP contribution in [0, 0.1) is 0 Å². The van der Waals surface area contributed by atoms with E-state index in [1.165, 1.54) is 5.56 Å². The van der Waals surface area contributed by atoms with Crippen LogP contribution in [-0.2, 0) is 22.6 Å². The topological polar surface area (TPSA) is 64.1 Å². The zero-order valence-electron chi connectivity index (χ0n) is 17.7. The molecule has 0 unspecified atom stereocenters. The summed E-state index contributed by atoms with van der Waals surface area (Å²) in [6, 6.07) is 16.1. The van der Waals surface area contributed by atoms with Crippen molar-refractivity contribution in [3.8, 4) is 5.75 Å². The van der Waals surface area contributed by atoms with Gasteiger partial charge in [-0.2, -0.15) is 0 Å². The maximum absolute atomic E-state index is 5.78. The van der Waals surface area contributed by atoms with Gasteiger partial charge >= 0.3 is 0 Å². The highest BCUT2D eigenvalue weighted by molar-refractivity contribution is 5.93. The van der Waals surface area contributed by atoms with E-state index < -0.39 is 0 Å². The Morgan fingerprint density at radius 2 is 1.83 bits per heavy atom. The van der Waals surface area contributed by atoms with Gasteiger partial charge in [-0.25, -0.2) is 4.99 Å². The molecule has 0 aliphatic carbocycles. The van der Waals surface area contributed by atoms with Crippen molar-refractivity contribution in [2.45, 2.75) is 33.4 Å². The summed E-state index contributed by atoms with van der Waals surface area (Å²) in [6.07, 6.45) is 0.861. The zero-order chi connectivity index (χ0) is 20.7. The molecule has 0 bridgehead atoms. The number of nitrogens with one attached hydrogen (secondary N) is 2. The third-order valence-electron chi connectivity index (χ3n) is 4.19. The fourth-order valence-corrected chi connectivity index (χ4v) is 2.73. The van der Waals surface area contributed by atoms with Crippen molar-refractivity contribution >= 4 is 11.6 Å². The van der Waals surface area contributed by atoms with Gasteiger partial charge in [-0.15, -0.1) is 0 Å². The van der Waals surface area contributed by atoms with Crippen molar-refractivity contribution in [1.82, 2.24) is 5.32 Å². The molecule has 6 nitrogen and oxygen atoms in total. The first-order valence-electron chi connectivity index (χ1n) is 10.2. The molecule has 6 heteroatoms. The number of anilines is 1. The summed E-state index contributed by atoms with van der Waals surface area (Å²) >= 11 is 0. The average Bonchev–Trinajstić information content (AvgIpc) is 2.74. The van der Waals surface area contributed by atoms with E-state index in [2.05, 4.69) is 29.7 Å². The molecule has 29 heavy (non-hydrogen) atoms. The number of hydrogen-bond acceptors (Lipinski definition) is 4. The molecular weight excluding hydrogens is 366 g/mol. The molecule has 2 rings (SSSR count). The van der Waals surface area contributed by atoms with Crippen LogP contribution in [-0.4, -0.2) is 39.4 Å². The molecule has 0 aromatic heterocycles. The summed E-state index contributed by atoms with van der Waals surface area (Å²) in [5.74, 6) is 1.55. The number of nitrogens with zero attached hydrogens (tertiary/aromatic N) is 1. The smallest absolute Gasteiger partial charge is 0.196 e. The van der Waals surface area contributed by atoms with Gasteiger partial charge in [-0.3, -0.25) is 0 Å². The fourth-order valence-electron chi connectivity index (χ4n) is 2.73. The highest BCUT2D eigenvalue weighted by Crippen LogP contribution is 2.18. The van der Waals surface area contributed by atoms with Crippen LogP contribution in [0.25, 0.3) is 0 Å². The molecule has 0 radical (unpaired) electrons. The number of methoxy groups -OCH3 is 1. The summed E-state index contributed by atoms with van der Waals surface area (Å²) in [5, 5.41) is 6.65. The van der Waals surface area contributed by atoms with Crippen LogP contribution in [0.4, 0.5) is 5.69 Å². The Balaban J connectivity index is 2.03. The number of hydrogen-bond donors (Lipinski definition) is 2. The number of rotatable bonds is 12. The van der Waals surface area contributed by atoms with Gasteiger partial charge in [0.2, 0.25) is 0 Å². The Morgan fingerprint density at radius 1 is 1.00 bits per heavy atom. The Kier molecular flexibility index (Phi) is 10.6. The van der Waals surface area contributed by atoms with E-state index in [1.807, 2.05) is 43.3 Å². The van der Waals surface area contributed by atoms with Crippen LogP contribution in [0.15, 0.2) is 53.5 Å². The predicted molar refractivity (Wildman–Crippen MR) is 119 cm³/mol. The number of benzene rings is 2. The minimum Gasteiger partial charge on any atom is -0.493 e. The lowest BCUT2D eigenvalue weighted by Crippen LogP contribution is -2.30. The van der Waals surface area contributed by atoms with Gasteiger partial charge < -0.3 is 24.8 Å². The van der Waals surface area contributed by atoms with Gasteiger partial charge in [0.15, 0.2) is 5.96 Å². The molecule has 0 spiro atoms. The van der Waals surface area contributed by atoms with Crippen LogP contribution in [0.3, 0.4) is 0 Å². The Hall–Kier alpha value is -2.57. The van der Waals surface area contributed by atoms with Crippen molar-refractivity contribution in [1.29, 1.82) is 0 Å². The van der Waals surface area contributed by atoms with Crippen LogP contribution in [0.1, 0.15) is 31.4 Å². The van der Waals surface area contributed by atoms with E-state index in [9.17, 15) is 0 Å². The van der Waals surface area contributed by atoms with Crippen molar-refractivity contribution in [2.24, 2.45) is 4.99 Å². The van der Waals surface area contributed by atoms with E-state index in [1.54, 1.807) is 7.11 Å². The normalized spacial score (nSPS) is 11.3. The predicted octanol–water partition coefficient (Wildman–Crippen LogP) is 4.22. The quantitative estimate of drug-likeness (QED) is 0.318. The first-order valence-corrected chi connectivity index (χ1v) is 10.2. The number of ether oxygens (including phenoxy) is 3. The van der Waals surface area contributed by atoms with Crippen molar-refractivity contribution < 1.29 is 14.2 Å². The second-order valence-electron chi connectivity index (χ2n) is 6.45. The molecule has 0 heterocycles. The van der Waals surface area contributed by atoms with E-state index in [0.29, 0.717) is 33.0 Å². The van der Waals surface area contributed by atoms with E-state index in [0.717, 1.165) is 35.9 Å². The van der Waals surface area contributed by atoms with Crippen LogP contribution < -0.4 is 15.4 Å². The molecule has 0 fully saturated rings. The number of guanidine groups is 1. The maximum atomic E-state index is 5.78. The van der Waals surface area contributed by atoms with Crippen LogP contribution in [0.2, 0.25) is 0 Å². The summed E-state index contributed by atoms with van der Waals surface area (Å²) in [6.45, 7) is 8.03. The molecule has 158 valence electrons. The van der Waals surface area contributed by atoms with Gasteiger partial charge in [0.1, 0.15) is 5.75 Å². The van der Waals surface area contributed by atoms with Gasteiger partial charge in [0.25, 0.3) is 0 Å². The number of aliphatic imine (C=N–C) groups is 1. The van der Waals surface area contributed by atoms with E-state index in [4.69, 9.17) is 19.2 Å². The molecule has 0 aliphatic rings. The van der Waals surface area contributed by atoms with E-state index >= 15 is 0 Å². The summed E-state index contributed by atoms with van der Waals surface area (Å²) in [4.78, 5) is 4.75. The first kappa shape index (κ1) is 22.7. The fraction of sp³-hybridized carbons (Fsp3) is 0.435. The molecule has 0 aliphatic heterocycles. The lowest BCUT2D eigenvalue weighted by molar-refractivity contribution is 0.133. The monoisotopic (exact) mass is 399 g/mol. The van der Waals surface area contributed by atoms with Gasteiger partial charge in [-0.05, 0) is 37.1 Å². The Labute approximate surface area is 174 Å². The third-order valence-corrected chi connectivity index (χ3v) is 4.19. The SMILES string of the molecule is CCNC(=NCc1ccccc1COCC)Nc1cccc(OCCCOC)c1. The molecular formula is C23H33N3O3. The van der Waals surface area contributed by atoms with Crippen molar-refractivity contribution in [3.63, 3.8) is 0 Å². The molecule has 0 saturated carbocycles. The van der Waals surface area contributed by atoms with Crippen molar-refractivity contribution in [3.05, 3.63) is 59.7 Å². The van der Waals surface area contributed by atoms with Crippen LogP contribution in [0.5, 0.6) is 5.75 Å². The van der Waals surface area contributed by atoms with Crippen LogP contribution >= 0.6 is 0 Å². The minimum atomic E-state index is 0.575. The summed E-state index contributed by atoms with van der Waals surface area (Å²) in [7, 11) is 1.70. The summed E-state index contributed by atoms with van der Waals surface area (Å²) < 4.78 is 16.4. The molecule has 0 atom stereocenters. The highest BCUT2D eigenvalue weighted by Gasteiger charge is 2.04. The maximum Gasteiger partial charge on any atom is 0.196 e. The first-order chi connectivity index (χ1) is 14.3. The zero-order valence-corrected chi connectivity index (χ0v) is 17.7.